The van der Waals surface area contributed by atoms with Gasteiger partial charge < -0.3 is 9.47 Å². The lowest BCUT2D eigenvalue weighted by Gasteiger charge is -2.16. The number of anilines is 1. The largest absolute Gasteiger partial charge is 0.494 e. The Morgan fingerprint density at radius 1 is 1.26 bits per heavy atom. The zero-order valence-electron chi connectivity index (χ0n) is 12.6. The third kappa shape index (κ3) is 2.32. The smallest absolute Gasteiger partial charge is 0.355 e. The quantitative estimate of drug-likeness (QED) is 0.624. The number of imide groups is 1. The Hall–Kier alpha value is -2.90. The van der Waals surface area contributed by atoms with E-state index in [4.69, 9.17) is 4.74 Å². The van der Waals surface area contributed by atoms with Gasteiger partial charge in [-0.3, -0.25) is 15.0 Å². The summed E-state index contributed by atoms with van der Waals surface area (Å²) >= 11 is 0. The van der Waals surface area contributed by atoms with Gasteiger partial charge in [-0.1, -0.05) is 0 Å². The number of fused-ring (bicyclic) bond motifs is 1. The first-order valence-electron chi connectivity index (χ1n) is 7.10. The number of methoxy groups -OCH3 is 1. The fourth-order valence-corrected chi connectivity index (χ4v) is 2.67. The van der Waals surface area contributed by atoms with Gasteiger partial charge >= 0.3 is 5.97 Å². The topological polar surface area (TPSA) is 97.3 Å². The minimum Gasteiger partial charge on any atom is -0.494 e. The maximum absolute atomic E-state index is 12.6. The first-order valence-corrected chi connectivity index (χ1v) is 7.10. The number of carbonyl (C=O) groups excluding carboxylic acids is 3. The van der Waals surface area contributed by atoms with Gasteiger partial charge in [-0.05, 0) is 31.2 Å². The molecule has 1 fully saturated rings. The normalized spacial score (nSPS) is 22.5. The Labute approximate surface area is 132 Å². The van der Waals surface area contributed by atoms with Gasteiger partial charge in [-0.25, -0.2) is 9.69 Å². The van der Waals surface area contributed by atoms with Crippen LogP contribution in [0.25, 0.3) is 0 Å². The lowest BCUT2D eigenvalue weighted by Crippen LogP contribution is -2.36. The second kappa shape index (κ2) is 5.71. The Morgan fingerprint density at radius 3 is 2.57 bits per heavy atom. The van der Waals surface area contributed by atoms with Crippen molar-refractivity contribution >= 4 is 29.2 Å². The number of benzene rings is 1. The number of nitrogens with one attached hydrogen (secondary N) is 1. The highest BCUT2D eigenvalue weighted by atomic mass is 16.5. The van der Waals surface area contributed by atoms with Crippen LogP contribution >= 0.6 is 0 Å². The molecule has 23 heavy (non-hydrogen) atoms. The number of hydrazone groups is 1. The van der Waals surface area contributed by atoms with Gasteiger partial charge in [0, 0.05) is 0 Å². The number of esters is 1. The van der Waals surface area contributed by atoms with E-state index in [9.17, 15) is 14.4 Å². The molecular formula is C15H15N3O5. The Morgan fingerprint density at radius 2 is 1.96 bits per heavy atom. The number of amides is 2. The predicted molar refractivity (Wildman–Crippen MR) is 80.0 cm³/mol. The van der Waals surface area contributed by atoms with E-state index in [2.05, 4.69) is 15.3 Å². The van der Waals surface area contributed by atoms with E-state index in [-0.39, 0.29) is 5.71 Å². The van der Waals surface area contributed by atoms with Crippen molar-refractivity contribution in [1.29, 1.82) is 0 Å². The standard InChI is InChI=1S/C15H15N3O5/c1-3-23-9-6-4-8(5-7-9)18-13(19)10-11(14(18)20)16-17-12(10)15(21)22-2/h4-7,10-11,16H,3H2,1-2H3. The highest BCUT2D eigenvalue weighted by Gasteiger charge is 2.55. The van der Waals surface area contributed by atoms with Crippen LogP contribution in [-0.4, -0.2) is 43.3 Å². The maximum atomic E-state index is 12.6. The Bertz CT molecular complexity index is 698. The van der Waals surface area contributed by atoms with Crippen LogP contribution in [0.5, 0.6) is 5.75 Å². The molecule has 0 bridgehead atoms. The van der Waals surface area contributed by atoms with Gasteiger partial charge in [0.15, 0.2) is 5.71 Å². The summed E-state index contributed by atoms with van der Waals surface area (Å²) in [6, 6.07) is 5.73. The van der Waals surface area contributed by atoms with E-state index in [1.165, 1.54) is 7.11 Å². The van der Waals surface area contributed by atoms with Crippen LogP contribution in [-0.2, 0) is 19.1 Å². The fourth-order valence-electron chi connectivity index (χ4n) is 2.67. The highest BCUT2D eigenvalue weighted by molar-refractivity contribution is 6.46. The van der Waals surface area contributed by atoms with Crippen molar-refractivity contribution in [3.05, 3.63) is 24.3 Å². The molecule has 120 valence electrons. The third-order valence-corrected chi connectivity index (χ3v) is 3.73. The summed E-state index contributed by atoms with van der Waals surface area (Å²) in [5.41, 5.74) is 2.89. The van der Waals surface area contributed by atoms with Crippen molar-refractivity contribution in [2.45, 2.75) is 13.0 Å². The van der Waals surface area contributed by atoms with Crippen LogP contribution < -0.4 is 15.1 Å². The predicted octanol–water partition coefficient (Wildman–Crippen LogP) is 0.0755. The number of nitrogens with zero attached hydrogens (tertiary/aromatic N) is 2. The molecule has 0 aliphatic carbocycles. The molecular weight excluding hydrogens is 302 g/mol. The van der Waals surface area contributed by atoms with Gasteiger partial charge in [-0.2, -0.15) is 5.10 Å². The molecule has 1 aromatic rings. The molecule has 0 spiro atoms. The summed E-state index contributed by atoms with van der Waals surface area (Å²) < 4.78 is 9.93. The van der Waals surface area contributed by atoms with E-state index < -0.39 is 29.7 Å². The third-order valence-electron chi connectivity index (χ3n) is 3.73. The van der Waals surface area contributed by atoms with Crippen molar-refractivity contribution in [3.63, 3.8) is 0 Å². The lowest BCUT2D eigenvalue weighted by molar-refractivity contribution is -0.133. The minimum atomic E-state index is -0.957. The molecule has 8 nitrogen and oxygen atoms in total. The average molecular weight is 317 g/mol. The molecule has 2 aliphatic rings. The molecule has 0 aromatic heterocycles. The van der Waals surface area contributed by atoms with E-state index in [0.717, 1.165) is 4.90 Å². The van der Waals surface area contributed by atoms with E-state index in [1.807, 2.05) is 6.92 Å². The van der Waals surface area contributed by atoms with Crippen LogP contribution in [0.4, 0.5) is 5.69 Å². The maximum Gasteiger partial charge on any atom is 0.355 e. The Kier molecular flexibility index (Phi) is 3.73. The van der Waals surface area contributed by atoms with Crippen LogP contribution in [0.3, 0.4) is 0 Å². The van der Waals surface area contributed by atoms with Crippen molar-refractivity contribution in [3.8, 4) is 5.75 Å². The molecule has 2 unspecified atom stereocenters. The second-order valence-electron chi connectivity index (χ2n) is 5.01. The number of hydrogen-bond donors (Lipinski definition) is 1. The molecule has 0 radical (unpaired) electrons. The molecule has 1 aromatic carbocycles. The SMILES string of the molecule is CCOc1ccc(N2C(=O)C3NN=C(C(=O)OC)C3C2=O)cc1. The van der Waals surface area contributed by atoms with Gasteiger partial charge in [0.05, 0.1) is 19.4 Å². The Balaban J connectivity index is 1.88. The van der Waals surface area contributed by atoms with E-state index >= 15 is 0 Å². The summed E-state index contributed by atoms with van der Waals surface area (Å²) in [6.45, 7) is 2.38. The van der Waals surface area contributed by atoms with Crippen molar-refractivity contribution in [1.82, 2.24) is 5.43 Å². The van der Waals surface area contributed by atoms with E-state index in [0.29, 0.717) is 18.0 Å². The molecule has 2 atom stereocenters. The van der Waals surface area contributed by atoms with Crippen molar-refractivity contribution in [2.75, 3.05) is 18.6 Å². The lowest BCUT2D eigenvalue weighted by atomic mass is 9.99. The fraction of sp³-hybridized carbons (Fsp3) is 0.333. The van der Waals surface area contributed by atoms with Crippen LogP contribution in [0.2, 0.25) is 0 Å². The molecule has 8 heteroatoms. The molecule has 0 saturated carbocycles. The molecule has 3 rings (SSSR count). The van der Waals surface area contributed by atoms with Gasteiger partial charge in [0.1, 0.15) is 17.7 Å². The molecule has 2 amide bonds. The molecule has 2 heterocycles. The van der Waals surface area contributed by atoms with Crippen molar-refractivity contribution in [2.24, 2.45) is 11.0 Å². The summed E-state index contributed by atoms with van der Waals surface area (Å²) in [6.07, 6.45) is 0. The van der Waals surface area contributed by atoms with Gasteiger partial charge in [0.2, 0.25) is 5.91 Å². The van der Waals surface area contributed by atoms with Gasteiger partial charge in [-0.15, -0.1) is 0 Å². The number of rotatable bonds is 4. The minimum absolute atomic E-state index is 0.0794. The van der Waals surface area contributed by atoms with Crippen molar-refractivity contribution < 1.29 is 23.9 Å². The monoisotopic (exact) mass is 317 g/mol. The van der Waals surface area contributed by atoms with E-state index in [1.54, 1.807) is 24.3 Å². The molecule has 2 aliphatic heterocycles. The summed E-state index contributed by atoms with van der Waals surface area (Å²) in [4.78, 5) is 37.8. The highest BCUT2D eigenvalue weighted by Crippen LogP contribution is 2.31. The molecule has 1 saturated heterocycles. The average Bonchev–Trinajstić information content (AvgIpc) is 3.09. The first-order chi connectivity index (χ1) is 11.1. The first kappa shape index (κ1) is 15.0. The zero-order valence-corrected chi connectivity index (χ0v) is 12.6. The summed E-state index contributed by atoms with van der Waals surface area (Å²) in [7, 11) is 1.20. The van der Waals surface area contributed by atoms with Crippen LogP contribution in [0.15, 0.2) is 29.4 Å². The number of carbonyl (C=O) groups is 3. The summed E-state index contributed by atoms with van der Waals surface area (Å²) in [5, 5.41) is 3.76. The zero-order chi connectivity index (χ0) is 16.6. The van der Waals surface area contributed by atoms with Crippen LogP contribution in [0.1, 0.15) is 6.92 Å². The molecule has 1 N–H and O–H groups in total. The van der Waals surface area contributed by atoms with Crippen LogP contribution in [0, 0.1) is 5.92 Å². The number of ether oxygens (including phenoxy) is 2. The van der Waals surface area contributed by atoms with Gasteiger partial charge in [0.25, 0.3) is 5.91 Å². The second-order valence-corrected chi connectivity index (χ2v) is 5.01. The number of hydrogen-bond acceptors (Lipinski definition) is 7. The summed E-state index contributed by atoms with van der Waals surface area (Å²) in [5.74, 6) is -1.99.